The summed E-state index contributed by atoms with van der Waals surface area (Å²) in [5, 5.41) is 0. The summed E-state index contributed by atoms with van der Waals surface area (Å²) in [5.41, 5.74) is -1.46. The van der Waals surface area contributed by atoms with Gasteiger partial charge >= 0.3 is 0 Å². The van der Waals surface area contributed by atoms with Gasteiger partial charge in [-0.25, -0.2) is 0 Å². The number of ether oxygens (including phenoxy) is 3. The lowest BCUT2D eigenvalue weighted by molar-refractivity contribution is -0.262. The van der Waals surface area contributed by atoms with Gasteiger partial charge in [-0.3, -0.25) is 4.79 Å². The van der Waals surface area contributed by atoms with Gasteiger partial charge in [-0.1, -0.05) is 0 Å². The van der Waals surface area contributed by atoms with Gasteiger partial charge in [0.25, 0.3) is 0 Å². The van der Waals surface area contributed by atoms with Crippen molar-refractivity contribution in [2.24, 2.45) is 0 Å². The molecule has 4 aliphatic rings. The molecule has 3 spiro atoms. The van der Waals surface area contributed by atoms with Crippen LogP contribution in [0.5, 0.6) is 0 Å². The number of ketones is 1. The molecule has 0 aromatic carbocycles. The Labute approximate surface area is 113 Å². The van der Waals surface area contributed by atoms with Crippen molar-refractivity contribution in [1.82, 2.24) is 0 Å². The number of carbonyl (C=O) groups excluding carboxylic acids is 1. The molecule has 4 heteroatoms. The molecule has 3 saturated heterocycles. The molecule has 19 heavy (non-hydrogen) atoms. The molecule has 1 aliphatic carbocycles. The van der Waals surface area contributed by atoms with Crippen molar-refractivity contribution in [3.05, 3.63) is 0 Å². The molecule has 4 nitrogen and oxygen atoms in total. The Bertz CT molecular complexity index is 385. The second-order valence-electron chi connectivity index (χ2n) is 6.43. The summed E-state index contributed by atoms with van der Waals surface area (Å²) in [5.74, 6) is 0.257. The molecule has 0 unspecified atom stereocenters. The Morgan fingerprint density at radius 1 is 0.789 bits per heavy atom. The highest BCUT2D eigenvalue weighted by molar-refractivity contribution is 5.91. The zero-order valence-corrected chi connectivity index (χ0v) is 11.4. The number of rotatable bonds is 0. The van der Waals surface area contributed by atoms with Gasteiger partial charge < -0.3 is 14.2 Å². The maximum absolute atomic E-state index is 12.7. The fourth-order valence-corrected chi connectivity index (χ4v) is 5.02. The average molecular weight is 266 g/mol. The van der Waals surface area contributed by atoms with Crippen molar-refractivity contribution in [3.63, 3.8) is 0 Å². The smallest absolute Gasteiger partial charge is 0.167 e. The normalized spacial score (nSPS) is 50.0. The third-order valence-electron chi connectivity index (χ3n) is 5.74. The van der Waals surface area contributed by atoms with E-state index in [0.717, 1.165) is 58.2 Å². The van der Waals surface area contributed by atoms with Crippen LogP contribution in [0.4, 0.5) is 0 Å². The number of fused-ring (bicyclic) bond motifs is 2. The fourth-order valence-electron chi connectivity index (χ4n) is 5.02. The lowest BCUT2D eigenvalue weighted by Crippen LogP contribution is -2.72. The maximum atomic E-state index is 12.7. The fraction of sp³-hybridized carbons (Fsp3) is 0.933. The quantitative estimate of drug-likeness (QED) is 0.672. The molecule has 3 aliphatic heterocycles. The first kappa shape index (κ1) is 12.3. The summed E-state index contributed by atoms with van der Waals surface area (Å²) < 4.78 is 18.5. The summed E-state index contributed by atoms with van der Waals surface area (Å²) in [4.78, 5) is 12.7. The predicted molar refractivity (Wildman–Crippen MR) is 68.0 cm³/mol. The van der Waals surface area contributed by atoms with Gasteiger partial charge in [-0.2, -0.15) is 0 Å². The summed E-state index contributed by atoms with van der Waals surface area (Å²) in [6, 6.07) is 0. The van der Waals surface area contributed by atoms with E-state index in [1.165, 1.54) is 0 Å². The van der Waals surface area contributed by atoms with Crippen molar-refractivity contribution in [1.29, 1.82) is 0 Å². The third-order valence-corrected chi connectivity index (χ3v) is 5.74. The van der Waals surface area contributed by atoms with Crippen molar-refractivity contribution >= 4 is 5.78 Å². The Balaban J connectivity index is 1.85. The Morgan fingerprint density at radius 3 is 2.16 bits per heavy atom. The van der Waals surface area contributed by atoms with Gasteiger partial charge in [0.15, 0.2) is 11.4 Å². The average Bonchev–Trinajstić information content (AvgIpc) is 3.13. The zero-order chi connectivity index (χ0) is 13.0. The van der Waals surface area contributed by atoms with Crippen LogP contribution in [0.15, 0.2) is 0 Å². The third kappa shape index (κ3) is 1.33. The van der Waals surface area contributed by atoms with E-state index in [-0.39, 0.29) is 11.4 Å². The molecule has 0 N–H and O–H groups in total. The van der Waals surface area contributed by atoms with E-state index in [1.54, 1.807) is 0 Å². The minimum atomic E-state index is -0.702. The van der Waals surface area contributed by atoms with E-state index in [1.807, 2.05) is 0 Å². The summed E-state index contributed by atoms with van der Waals surface area (Å²) in [6.07, 6.45) is 7.22. The molecular formula is C15H22O4. The molecule has 0 amide bonds. The minimum absolute atomic E-state index is 0.257. The van der Waals surface area contributed by atoms with Gasteiger partial charge in [0.1, 0.15) is 11.2 Å². The summed E-state index contributed by atoms with van der Waals surface area (Å²) in [7, 11) is 0. The molecule has 3 heterocycles. The minimum Gasteiger partial charge on any atom is -0.372 e. The van der Waals surface area contributed by atoms with Crippen LogP contribution in [0.1, 0.15) is 51.4 Å². The number of hydrogen-bond donors (Lipinski definition) is 0. The number of Topliss-reactive ketones (excluding diaryl/α,β-unsaturated/α-hetero) is 1. The van der Waals surface area contributed by atoms with Crippen molar-refractivity contribution in [3.8, 4) is 0 Å². The van der Waals surface area contributed by atoms with Crippen LogP contribution in [0.2, 0.25) is 0 Å². The highest BCUT2D eigenvalue weighted by Gasteiger charge is 2.73. The predicted octanol–water partition coefficient (Wildman–Crippen LogP) is 2.00. The lowest BCUT2D eigenvalue weighted by atomic mass is 9.59. The zero-order valence-electron chi connectivity index (χ0n) is 11.4. The van der Waals surface area contributed by atoms with Crippen LogP contribution in [-0.4, -0.2) is 42.4 Å². The number of hydrogen-bond acceptors (Lipinski definition) is 4. The Hall–Kier alpha value is -0.450. The van der Waals surface area contributed by atoms with E-state index < -0.39 is 11.2 Å². The Morgan fingerprint density at radius 2 is 1.53 bits per heavy atom. The van der Waals surface area contributed by atoms with Crippen LogP contribution in [-0.2, 0) is 19.0 Å². The van der Waals surface area contributed by atoms with Crippen molar-refractivity contribution < 1.29 is 19.0 Å². The van der Waals surface area contributed by atoms with E-state index in [4.69, 9.17) is 14.2 Å². The summed E-state index contributed by atoms with van der Waals surface area (Å²) in [6.45, 7) is 2.23. The second kappa shape index (κ2) is 4.03. The second-order valence-corrected chi connectivity index (χ2v) is 6.43. The SMILES string of the molecule is O=C1CC[C@]2(CCCO2)[C@@]2(CCCO2)[C@@]12CCCO2. The molecule has 4 rings (SSSR count). The van der Waals surface area contributed by atoms with Gasteiger partial charge in [-0.05, 0) is 44.9 Å². The van der Waals surface area contributed by atoms with Crippen LogP contribution >= 0.6 is 0 Å². The first-order chi connectivity index (χ1) is 9.25. The van der Waals surface area contributed by atoms with E-state index in [2.05, 4.69) is 0 Å². The van der Waals surface area contributed by atoms with Gasteiger partial charge in [0, 0.05) is 26.2 Å². The van der Waals surface area contributed by atoms with Crippen molar-refractivity contribution in [2.75, 3.05) is 19.8 Å². The monoisotopic (exact) mass is 266 g/mol. The van der Waals surface area contributed by atoms with Crippen LogP contribution < -0.4 is 0 Å². The molecule has 106 valence electrons. The van der Waals surface area contributed by atoms with Crippen LogP contribution in [0.25, 0.3) is 0 Å². The first-order valence-electron chi connectivity index (χ1n) is 7.70. The van der Waals surface area contributed by atoms with Crippen molar-refractivity contribution in [2.45, 2.75) is 68.2 Å². The van der Waals surface area contributed by atoms with Crippen LogP contribution in [0.3, 0.4) is 0 Å². The topological polar surface area (TPSA) is 44.8 Å². The molecule has 0 radical (unpaired) electrons. The highest BCUT2D eigenvalue weighted by Crippen LogP contribution is 2.59. The van der Waals surface area contributed by atoms with Gasteiger partial charge in [-0.15, -0.1) is 0 Å². The van der Waals surface area contributed by atoms with Gasteiger partial charge in [0.05, 0.1) is 0 Å². The first-order valence-corrected chi connectivity index (χ1v) is 7.70. The molecule has 0 aromatic rings. The van der Waals surface area contributed by atoms with E-state index in [0.29, 0.717) is 13.0 Å². The summed E-state index contributed by atoms with van der Waals surface area (Å²) >= 11 is 0. The van der Waals surface area contributed by atoms with E-state index in [9.17, 15) is 4.79 Å². The lowest BCUT2D eigenvalue weighted by Gasteiger charge is -2.56. The standard InChI is InChI=1S/C15H22O4/c16-12-4-8-13(5-1-9-17-13)15(7-3-11-19-15)14(12)6-2-10-18-14/h1-11H2/t13-,14-,15+/m1/s1. The molecule has 0 aromatic heterocycles. The van der Waals surface area contributed by atoms with Gasteiger partial charge in [0.2, 0.25) is 0 Å². The molecular weight excluding hydrogens is 244 g/mol. The molecule has 0 bridgehead atoms. The molecule has 3 atom stereocenters. The van der Waals surface area contributed by atoms with E-state index >= 15 is 0 Å². The highest BCUT2D eigenvalue weighted by atomic mass is 16.6. The largest absolute Gasteiger partial charge is 0.372 e. The van der Waals surface area contributed by atoms with Crippen LogP contribution in [0, 0.1) is 0 Å². The maximum Gasteiger partial charge on any atom is 0.167 e. The number of carbonyl (C=O) groups is 1. The molecule has 1 saturated carbocycles. The molecule has 4 fully saturated rings. The Kier molecular flexibility index (Phi) is 2.61.